The van der Waals surface area contributed by atoms with E-state index in [0.29, 0.717) is 6.61 Å². The fourth-order valence-corrected chi connectivity index (χ4v) is 8.51. The van der Waals surface area contributed by atoms with Crippen LogP contribution in [-0.4, -0.2) is 12.6 Å². The van der Waals surface area contributed by atoms with Crippen molar-refractivity contribution in [2.24, 2.45) is 0 Å². The van der Waals surface area contributed by atoms with Gasteiger partial charge in [0.15, 0.2) is 0 Å². The van der Waals surface area contributed by atoms with Gasteiger partial charge in [-0.15, -0.1) is 0 Å². The summed E-state index contributed by atoms with van der Waals surface area (Å²) in [5.74, 6) is -0.147. The topological polar surface area (TPSA) is 26.3 Å². The summed E-state index contributed by atoms with van der Waals surface area (Å²) >= 11 is 0. The zero-order chi connectivity index (χ0) is 40.3. The summed E-state index contributed by atoms with van der Waals surface area (Å²) in [4.78, 5) is 12.0. The Hall–Kier alpha value is -0.790. The van der Waals surface area contributed by atoms with Crippen molar-refractivity contribution in [1.29, 1.82) is 0 Å². The van der Waals surface area contributed by atoms with Gasteiger partial charge in [0, 0.05) is 6.08 Å². The zero-order valence-electron chi connectivity index (χ0n) is 39.1. The van der Waals surface area contributed by atoms with E-state index in [2.05, 4.69) is 13.8 Å². The summed E-state index contributed by atoms with van der Waals surface area (Å²) in [6.45, 7) is 5.19. The van der Waals surface area contributed by atoms with Crippen LogP contribution in [0.3, 0.4) is 0 Å². The first-order valence-corrected chi connectivity index (χ1v) is 26.6. The fourth-order valence-electron chi connectivity index (χ4n) is 8.51. The molecule has 0 aliphatic heterocycles. The van der Waals surface area contributed by atoms with Gasteiger partial charge in [-0.25, -0.2) is 4.79 Å². The summed E-state index contributed by atoms with van der Waals surface area (Å²) in [5, 5.41) is 0. The van der Waals surface area contributed by atoms with E-state index in [0.717, 1.165) is 12.8 Å². The Morgan fingerprint density at radius 3 is 0.714 bits per heavy atom. The van der Waals surface area contributed by atoms with Gasteiger partial charge in [0.1, 0.15) is 0 Å². The molecule has 0 N–H and O–H groups in total. The van der Waals surface area contributed by atoms with Gasteiger partial charge in [-0.2, -0.15) is 0 Å². The molecule has 0 saturated heterocycles. The number of hydrogen-bond donors (Lipinski definition) is 0. The van der Waals surface area contributed by atoms with Crippen LogP contribution in [0.15, 0.2) is 12.2 Å². The SMILES string of the molecule is CCCCCCCCCCCCCCCCCC=CC(=O)OCCCCCCCCCCCCCCCCCCCCCCCCCCCCCCCCCC. The van der Waals surface area contributed by atoms with Gasteiger partial charge in [0.2, 0.25) is 0 Å². The first-order valence-electron chi connectivity index (χ1n) is 26.6. The Morgan fingerprint density at radius 2 is 0.482 bits per heavy atom. The molecule has 0 rings (SSSR count). The molecule has 0 aliphatic carbocycles. The average molecular weight is 787 g/mol. The maximum atomic E-state index is 12.0. The monoisotopic (exact) mass is 787 g/mol. The summed E-state index contributed by atoms with van der Waals surface area (Å²) in [7, 11) is 0. The second kappa shape index (κ2) is 52.2. The van der Waals surface area contributed by atoms with Crippen molar-refractivity contribution in [3.63, 3.8) is 0 Å². The Kier molecular flexibility index (Phi) is 51.5. The molecular formula is C54H106O2. The molecule has 0 unspecified atom stereocenters. The summed E-state index contributed by atoms with van der Waals surface area (Å²) in [6.07, 6.45) is 71.3. The van der Waals surface area contributed by atoms with E-state index in [4.69, 9.17) is 4.74 Å². The second-order valence-corrected chi connectivity index (χ2v) is 18.3. The number of rotatable bonds is 50. The van der Waals surface area contributed by atoms with Gasteiger partial charge >= 0.3 is 5.97 Å². The van der Waals surface area contributed by atoms with Gasteiger partial charge in [-0.05, 0) is 19.3 Å². The van der Waals surface area contributed by atoms with E-state index in [1.807, 2.05) is 6.08 Å². The van der Waals surface area contributed by atoms with Crippen LogP contribution in [-0.2, 0) is 9.53 Å². The quantitative estimate of drug-likeness (QED) is 0.0349. The van der Waals surface area contributed by atoms with Crippen LogP contribution < -0.4 is 0 Å². The molecule has 0 saturated carbocycles. The lowest BCUT2D eigenvalue weighted by Gasteiger charge is -2.05. The lowest BCUT2D eigenvalue weighted by atomic mass is 10.0. The van der Waals surface area contributed by atoms with Gasteiger partial charge in [-0.1, -0.05) is 309 Å². The molecule has 2 nitrogen and oxygen atoms in total. The number of carbonyl (C=O) groups is 1. The van der Waals surface area contributed by atoms with Gasteiger partial charge in [0.25, 0.3) is 0 Å². The zero-order valence-corrected chi connectivity index (χ0v) is 39.1. The standard InChI is InChI=1S/C54H106O2/c1-3-5-7-9-11-13-15-17-19-21-22-23-24-25-26-27-28-29-30-31-32-33-34-35-37-39-41-43-45-47-49-51-53-56-54(55)52-50-48-46-44-42-40-38-36-20-18-16-14-12-10-8-6-4-2/h50,52H,3-49,51,53H2,1-2H3. The first kappa shape index (κ1) is 55.2. The van der Waals surface area contributed by atoms with Crippen molar-refractivity contribution < 1.29 is 9.53 Å². The smallest absolute Gasteiger partial charge is 0.330 e. The predicted molar refractivity (Wildman–Crippen MR) is 253 cm³/mol. The van der Waals surface area contributed by atoms with Crippen LogP contribution in [0.25, 0.3) is 0 Å². The normalized spacial score (nSPS) is 11.7. The third-order valence-electron chi connectivity index (χ3n) is 12.5. The molecule has 0 radical (unpaired) electrons. The minimum absolute atomic E-state index is 0.147. The summed E-state index contributed by atoms with van der Waals surface area (Å²) in [6, 6.07) is 0. The second-order valence-electron chi connectivity index (χ2n) is 18.3. The maximum Gasteiger partial charge on any atom is 0.330 e. The highest BCUT2D eigenvalue weighted by atomic mass is 16.5. The Morgan fingerprint density at radius 1 is 0.286 bits per heavy atom. The predicted octanol–water partition coefficient (Wildman–Crippen LogP) is 19.9. The van der Waals surface area contributed by atoms with Crippen molar-refractivity contribution >= 4 is 5.97 Å². The number of hydrogen-bond acceptors (Lipinski definition) is 2. The molecule has 56 heavy (non-hydrogen) atoms. The number of esters is 1. The van der Waals surface area contributed by atoms with E-state index in [1.165, 1.54) is 295 Å². The molecule has 0 fully saturated rings. The minimum atomic E-state index is -0.147. The fraction of sp³-hybridized carbons (Fsp3) is 0.944. The number of ether oxygens (including phenoxy) is 1. The van der Waals surface area contributed by atoms with Crippen LogP contribution in [0.1, 0.15) is 322 Å². The van der Waals surface area contributed by atoms with Gasteiger partial charge < -0.3 is 4.74 Å². The molecule has 0 aromatic heterocycles. The molecular weight excluding hydrogens is 681 g/mol. The molecule has 0 bridgehead atoms. The molecule has 0 aromatic rings. The maximum absolute atomic E-state index is 12.0. The highest BCUT2D eigenvalue weighted by Gasteiger charge is 2.00. The molecule has 2 heteroatoms. The van der Waals surface area contributed by atoms with Crippen LogP contribution >= 0.6 is 0 Å². The summed E-state index contributed by atoms with van der Waals surface area (Å²) in [5.41, 5.74) is 0. The van der Waals surface area contributed by atoms with Crippen LogP contribution in [0.5, 0.6) is 0 Å². The van der Waals surface area contributed by atoms with Crippen LogP contribution in [0, 0.1) is 0 Å². The average Bonchev–Trinajstić information content (AvgIpc) is 3.20. The van der Waals surface area contributed by atoms with E-state index in [-0.39, 0.29) is 5.97 Å². The van der Waals surface area contributed by atoms with Gasteiger partial charge in [0.05, 0.1) is 6.61 Å². The summed E-state index contributed by atoms with van der Waals surface area (Å²) < 4.78 is 5.41. The minimum Gasteiger partial charge on any atom is -0.463 e. The Balaban J connectivity index is 3.17. The highest BCUT2D eigenvalue weighted by Crippen LogP contribution is 2.18. The lowest BCUT2D eigenvalue weighted by molar-refractivity contribution is -0.137. The molecule has 0 amide bonds. The Labute approximate surface area is 355 Å². The number of unbranched alkanes of at least 4 members (excludes halogenated alkanes) is 46. The number of carbonyl (C=O) groups excluding carboxylic acids is 1. The van der Waals surface area contributed by atoms with E-state index >= 15 is 0 Å². The van der Waals surface area contributed by atoms with Crippen molar-refractivity contribution in [3.05, 3.63) is 12.2 Å². The van der Waals surface area contributed by atoms with E-state index in [1.54, 1.807) is 6.08 Å². The third-order valence-corrected chi connectivity index (χ3v) is 12.5. The van der Waals surface area contributed by atoms with E-state index < -0.39 is 0 Å². The van der Waals surface area contributed by atoms with Crippen molar-refractivity contribution in [2.45, 2.75) is 322 Å². The van der Waals surface area contributed by atoms with Gasteiger partial charge in [-0.3, -0.25) is 0 Å². The van der Waals surface area contributed by atoms with Crippen molar-refractivity contribution in [3.8, 4) is 0 Å². The molecule has 0 spiro atoms. The molecule has 0 aromatic carbocycles. The molecule has 0 aliphatic rings. The highest BCUT2D eigenvalue weighted by molar-refractivity contribution is 5.81. The molecule has 0 heterocycles. The molecule has 334 valence electrons. The largest absolute Gasteiger partial charge is 0.463 e. The van der Waals surface area contributed by atoms with E-state index in [9.17, 15) is 4.79 Å². The first-order chi connectivity index (χ1) is 27.8. The van der Waals surface area contributed by atoms with Crippen LogP contribution in [0.2, 0.25) is 0 Å². The van der Waals surface area contributed by atoms with Crippen molar-refractivity contribution in [1.82, 2.24) is 0 Å². The third kappa shape index (κ3) is 51.2. The number of allylic oxidation sites excluding steroid dienone is 1. The van der Waals surface area contributed by atoms with Crippen LogP contribution in [0.4, 0.5) is 0 Å². The van der Waals surface area contributed by atoms with Crippen molar-refractivity contribution in [2.75, 3.05) is 6.61 Å². The lowest BCUT2D eigenvalue weighted by Crippen LogP contribution is -2.02. The Bertz CT molecular complexity index is 728. The molecule has 0 atom stereocenters.